The molecule has 0 aromatic carbocycles. The predicted octanol–water partition coefficient (Wildman–Crippen LogP) is 0.0286. The van der Waals surface area contributed by atoms with Crippen molar-refractivity contribution < 1.29 is 9.47 Å². The molecule has 0 aliphatic rings. The molecule has 1 aromatic heterocycles. The van der Waals surface area contributed by atoms with E-state index in [-0.39, 0.29) is 12.0 Å². The Kier molecular flexibility index (Phi) is 6.09. The number of anilines is 2. The van der Waals surface area contributed by atoms with Crippen LogP contribution in [0.2, 0.25) is 0 Å². The van der Waals surface area contributed by atoms with Crippen LogP contribution in [-0.2, 0) is 4.74 Å². The maximum Gasteiger partial charge on any atom is 0.323 e. The van der Waals surface area contributed by atoms with Crippen molar-refractivity contribution in [2.75, 3.05) is 43.7 Å². The molecule has 0 unspecified atom stereocenters. The van der Waals surface area contributed by atoms with Gasteiger partial charge in [-0.2, -0.15) is 15.0 Å². The summed E-state index contributed by atoms with van der Waals surface area (Å²) in [7, 11) is 1.60. The molecule has 1 heterocycles. The molecule has 1 rings (SSSR count). The summed E-state index contributed by atoms with van der Waals surface area (Å²) in [5.74, 6) is 6.14. The van der Waals surface area contributed by atoms with E-state index in [1.54, 1.807) is 7.11 Å². The van der Waals surface area contributed by atoms with Gasteiger partial charge in [-0.15, -0.1) is 0 Å². The molecule has 0 atom stereocenters. The van der Waals surface area contributed by atoms with Gasteiger partial charge in [0.25, 0.3) is 0 Å². The number of hydrogen-bond acceptors (Lipinski definition) is 8. The van der Waals surface area contributed by atoms with Crippen LogP contribution in [0.15, 0.2) is 0 Å². The summed E-state index contributed by atoms with van der Waals surface area (Å²) in [6, 6.07) is 0.233. The summed E-state index contributed by atoms with van der Waals surface area (Å²) in [5, 5.41) is 0. The number of hydrazine groups is 1. The number of rotatable bonds is 8. The molecule has 0 bridgehead atoms. The molecule has 0 aliphatic heterocycles. The Balaban J connectivity index is 2.86. The number of nitrogen functional groups attached to an aromatic ring is 1. The van der Waals surface area contributed by atoms with E-state index in [1.807, 2.05) is 18.7 Å². The number of nitrogens with two attached hydrogens (primary N) is 1. The maximum absolute atomic E-state index is 5.36. The van der Waals surface area contributed by atoms with Gasteiger partial charge in [-0.05, 0) is 13.8 Å². The van der Waals surface area contributed by atoms with Gasteiger partial charge in [-0.3, -0.25) is 5.43 Å². The van der Waals surface area contributed by atoms with Crippen LogP contribution in [0, 0.1) is 0 Å². The average Bonchev–Trinajstić information content (AvgIpc) is 2.40. The minimum atomic E-state index is 0.233. The van der Waals surface area contributed by atoms with Gasteiger partial charge in [0.05, 0.1) is 6.61 Å². The zero-order valence-corrected chi connectivity index (χ0v) is 11.0. The zero-order valence-electron chi connectivity index (χ0n) is 11.0. The average molecular weight is 256 g/mol. The highest BCUT2D eigenvalue weighted by Crippen LogP contribution is 2.14. The molecular formula is C10H20N6O2. The van der Waals surface area contributed by atoms with Crippen LogP contribution in [0.4, 0.5) is 11.9 Å². The third-order valence-electron chi connectivity index (χ3n) is 2.30. The van der Waals surface area contributed by atoms with Crippen molar-refractivity contribution in [2.24, 2.45) is 5.84 Å². The molecule has 102 valence electrons. The van der Waals surface area contributed by atoms with E-state index in [4.69, 9.17) is 15.3 Å². The summed E-state index contributed by atoms with van der Waals surface area (Å²) < 4.78 is 10.3. The number of hydrogen-bond donors (Lipinski definition) is 2. The van der Waals surface area contributed by atoms with E-state index in [0.29, 0.717) is 19.2 Å². The smallest absolute Gasteiger partial charge is 0.323 e. The predicted molar refractivity (Wildman–Crippen MR) is 68.6 cm³/mol. The van der Waals surface area contributed by atoms with Crippen LogP contribution >= 0.6 is 0 Å². The molecular weight excluding hydrogens is 236 g/mol. The molecule has 0 aliphatic carbocycles. The summed E-state index contributed by atoms with van der Waals surface area (Å²) in [6.45, 7) is 6.48. The first-order valence-electron chi connectivity index (χ1n) is 5.84. The Bertz CT molecular complexity index is 358. The third-order valence-corrected chi connectivity index (χ3v) is 2.30. The van der Waals surface area contributed by atoms with E-state index in [0.717, 1.165) is 13.1 Å². The lowest BCUT2D eigenvalue weighted by atomic mass is 10.5. The Hall–Kier alpha value is -1.67. The van der Waals surface area contributed by atoms with E-state index in [2.05, 4.69) is 20.4 Å². The van der Waals surface area contributed by atoms with Crippen LogP contribution < -0.4 is 20.9 Å². The lowest BCUT2D eigenvalue weighted by Gasteiger charge is -2.19. The van der Waals surface area contributed by atoms with Crippen LogP contribution in [0.25, 0.3) is 0 Å². The van der Waals surface area contributed by atoms with Gasteiger partial charge >= 0.3 is 6.01 Å². The van der Waals surface area contributed by atoms with Gasteiger partial charge in [0.1, 0.15) is 6.61 Å². The molecule has 0 radical (unpaired) electrons. The van der Waals surface area contributed by atoms with Gasteiger partial charge in [0.2, 0.25) is 11.9 Å². The monoisotopic (exact) mass is 256 g/mol. The minimum Gasteiger partial charge on any atom is -0.461 e. The summed E-state index contributed by atoms with van der Waals surface area (Å²) >= 11 is 0. The first-order chi connectivity index (χ1) is 8.74. The Morgan fingerprint density at radius 1 is 1.17 bits per heavy atom. The van der Waals surface area contributed by atoms with E-state index in [9.17, 15) is 0 Å². The summed E-state index contributed by atoms with van der Waals surface area (Å²) in [5.41, 5.74) is 2.40. The van der Waals surface area contributed by atoms with E-state index < -0.39 is 0 Å². The fraction of sp³-hybridized carbons (Fsp3) is 0.700. The zero-order chi connectivity index (χ0) is 13.4. The van der Waals surface area contributed by atoms with Crippen molar-refractivity contribution >= 4 is 11.9 Å². The first-order valence-corrected chi connectivity index (χ1v) is 5.84. The quantitative estimate of drug-likeness (QED) is 0.382. The fourth-order valence-corrected chi connectivity index (χ4v) is 1.34. The molecule has 0 saturated heterocycles. The second kappa shape index (κ2) is 7.62. The Labute approximate surface area is 106 Å². The van der Waals surface area contributed by atoms with Gasteiger partial charge in [0, 0.05) is 20.2 Å². The lowest BCUT2D eigenvalue weighted by Crippen LogP contribution is -2.26. The van der Waals surface area contributed by atoms with Crippen molar-refractivity contribution in [2.45, 2.75) is 13.8 Å². The first kappa shape index (κ1) is 14.4. The molecule has 8 heteroatoms. The van der Waals surface area contributed by atoms with Crippen molar-refractivity contribution in [3.05, 3.63) is 0 Å². The third kappa shape index (κ3) is 3.97. The maximum atomic E-state index is 5.36. The van der Waals surface area contributed by atoms with E-state index >= 15 is 0 Å². The van der Waals surface area contributed by atoms with Gasteiger partial charge in [-0.25, -0.2) is 5.84 Å². The topological polar surface area (TPSA) is 98.4 Å². The van der Waals surface area contributed by atoms with Crippen LogP contribution in [0.5, 0.6) is 6.01 Å². The SMILES string of the molecule is CCN(CC)c1nc(NN)nc(OCCOC)n1. The van der Waals surface area contributed by atoms with Crippen LogP contribution in [0.1, 0.15) is 13.8 Å². The van der Waals surface area contributed by atoms with Gasteiger partial charge in [-0.1, -0.05) is 0 Å². The number of nitrogens with one attached hydrogen (secondary N) is 1. The number of methoxy groups -OCH3 is 1. The van der Waals surface area contributed by atoms with Gasteiger partial charge in [0.15, 0.2) is 0 Å². The number of aromatic nitrogens is 3. The highest BCUT2D eigenvalue weighted by atomic mass is 16.5. The minimum absolute atomic E-state index is 0.233. The Morgan fingerprint density at radius 2 is 1.89 bits per heavy atom. The van der Waals surface area contributed by atoms with Crippen molar-refractivity contribution in [3.8, 4) is 6.01 Å². The molecule has 1 aromatic rings. The highest BCUT2D eigenvalue weighted by Gasteiger charge is 2.11. The second-order valence-corrected chi connectivity index (χ2v) is 3.40. The fourth-order valence-electron chi connectivity index (χ4n) is 1.34. The lowest BCUT2D eigenvalue weighted by molar-refractivity contribution is 0.141. The van der Waals surface area contributed by atoms with Crippen LogP contribution in [-0.4, -0.2) is 48.4 Å². The largest absolute Gasteiger partial charge is 0.461 e. The van der Waals surface area contributed by atoms with Crippen LogP contribution in [0.3, 0.4) is 0 Å². The van der Waals surface area contributed by atoms with E-state index in [1.165, 1.54) is 0 Å². The number of ether oxygens (including phenoxy) is 2. The number of nitrogens with zero attached hydrogens (tertiary/aromatic N) is 4. The summed E-state index contributed by atoms with van der Waals surface area (Å²) in [4.78, 5) is 14.4. The summed E-state index contributed by atoms with van der Waals surface area (Å²) in [6.07, 6.45) is 0. The standard InChI is InChI=1S/C10H20N6O2/c1-4-16(5-2)9-12-8(15-11)13-10(14-9)18-7-6-17-3/h4-7,11H2,1-3H3,(H,12,13,14,15). The van der Waals surface area contributed by atoms with Crippen molar-refractivity contribution in [1.29, 1.82) is 0 Å². The second-order valence-electron chi connectivity index (χ2n) is 3.40. The highest BCUT2D eigenvalue weighted by molar-refractivity contribution is 5.37. The molecule has 0 spiro atoms. The molecule has 0 amide bonds. The normalized spacial score (nSPS) is 10.2. The molecule has 18 heavy (non-hydrogen) atoms. The van der Waals surface area contributed by atoms with Crippen molar-refractivity contribution in [1.82, 2.24) is 15.0 Å². The van der Waals surface area contributed by atoms with Gasteiger partial charge < -0.3 is 14.4 Å². The van der Waals surface area contributed by atoms with Crippen molar-refractivity contribution in [3.63, 3.8) is 0 Å². The molecule has 8 nitrogen and oxygen atoms in total. The Morgan fingerprint density at radius 3 is 2.44 bits per heavy atom. The molecule has 3 N–H and O–H groups in total. The molecule has 0 fully saturated rings. The molecule has 0 saturated carbocycles.